The van der Waals surface area contributed by atoms with Crippen molar-refractivity contribution in [2.45, 2.75) is 26.2 Å². The molecule has 1 atom stereocenters. The number of piperidine rings is 1. The number of hydrogen-bond donors (Lipinski definition) is 1. The highest BCUT2D eigenvalue weighted by atomic mass is 35.5. The Labute approximate surface area is 192 Å². The zero-order chi connectivity index (χ0) is 22.4. The molecule has 3 rings (SSSR count). The average Bonchev–Trinajstić information content (AvgIpc) is 2.74. The number of halogens is 2. The molecule has 1 aliphatic rings. The number of primary amides is 1. The molecule has 1 fully saturated rings. The van der Waals surface area contributed by atoms with Crippen molar-refractivity contribution >= 4 is 35.0 Å². The monoisotopic (exact) mass is 464 g/mol. The highest BCUT2D eigenvalue weighted by Crippen LogP contribution is 2.35. The Bertz CT molecular complexity index is 936. The van der Waals surface area contributed by atoms with Crippen LogP contribution >= 0.6 is 23.2 Å². The van der Waals surface area contributed by atoms with Crippen LogP contribution in [-0.4, -0.2) is 43.0 Å². The number of carbonyl (C=O) groups excluding carboxylic acids is 2. The lowest BCUT2D eigenvalue weighted by Gasteiger charge is -2.42. The summed E-state index contributed by atoms with van der Waals surface area (Å²) in [5.74, 6) is 0.674. The van der Waals surface area contributed by atoms with Crippen LogP contribution in [0.4, 0.5) is 0 Å². The summed E-state index contributed by atoms with van der Waals surface area (Å²) < 4.78 is 11.6. The molecule has 8 heteroatoms. The highest BCUT2D eigenvalue weighted by molar-refractivity contribution is 6.31. The van der Waals surface area contributed by atoms with Crippen LogP contribution in [0.25, 0.3) is 0 Å². The van der Waals surface area contributed by atoms with Gasteiger partial charge in [0.15, 0.2) is 6.61 Å². The lowest BCUT2D eigenvalue weighted by molar-refractivity contribution is -0.139. The van der Waals surface area contributed by atoms with E-state index >= 15 is 0 Å². The molecule has 0 aromatic heterocycles. The summed E-state index contributed by atoms with van der Waals surface area (Å²) in [6.07, 6.45) is 1.63. The van der Waals surface area contributed by atoms with Crippen molar-refractivity contribution in [1.82, 2.24) is 4.90 Å². The Morgan fingerprint density at radius 1 is 1.10 bits per heavy atom. The van der Waals surface area contributed by atoms with Gasteiger partial charge in [-0.2, -0.15) is 0 Å². The second-order valence-corrected chi connectivity index (χ2v) is 8.85. The van der Waals surface area contributed by atoms with Crippen molar-refractivity contribution in [2.24, 2.45) is 11.1 Å². The van der Waals surface area contributed by atoms with Crippen molar-refractivity contribution in [1.29, 1.82) is 0 Å². The summed E-state index contributed by atoms with van der Waals surface area (Å²) >= 11 is 12.0. The van der Waals surface area contributed by atoms with Gasteiger partial charge in [-0.25, -0.2) is 0 Å². The third kappa shape index (κ3) is 6.52. The number of benzene rings is 2. The second-order valence-electron chi connectivity index (χ2n) is 8.00. The van der Waals surface area contributed by atoms with Gasteiger partial charge in [0.2, 0.25) is 5.91 Å². The first-order valence-corrected chi connectivity index (χ1v) is 10.9. The van der Waals surface area contributed by atoms with Gasteiger partial charge >= 0.3 is 0 Å². The quantitative estimate of drug-likeness (QED) is 0.632. The Morgan fingerprint density at radius 2 is 1.81 bits per heavy atom. The van der Waals surface area contributed by atoms with E-state index in [-0.39, 0.29) is 25.5 Å². The van der Waals surface area contributed by atoms with E-state index in [2.05, 4.69) is 0 Å². The predicted molar refractivity (Wildman–Crippen MR) is 121 cm³/mol. The van der Waals surface area contributed by atoms with Crippen molar-refractivity contribution in [3.8, 4) is 11.5 Å². The van der Waals surface area contributed by atoms with Crippen LogP contribution in [0.5, 0.6) is 11.5 Å². The number of hydrogen-bond acceptors (Lipinski definition) is 4. The van der Waals surface area contributed by atoms with Crippen LogP contribution in [0, 0.1) is 12.3 Å². The van der Waals surface area contributed by atoms with E-state index in [1.54, 1.807) is 41.3 Å². The Balaban J connectivity index is 1.65. The molecule has 1 unspecified atom stereocenters. The molecule has 0 spiro atoms. The van der Waals surface area contributed by atoms with Crippen molar-refractivity contribution in [3.63, 3.8) is 0 Å². The van der Waals surface area contributed by atoms with E-state index < -0.39 is 11.3 Å². The number of aryl methyl sites for hydroxylation is 1. The van der Waals surface area contributed by atoms with Crippen molar-refractivity contribution in [3.05, 3.63) is 58.1 Å². The van der Waals surface area contributed by atoms with Crippen LogP contribution in [-0.2, 0) is 9.59 Å². The minimum atomic E-state index is -0.548. The minimum absolute atomic E-state index is 0.0917. The maximum Gasteiger partial charge on any atom is 0.260 e. The van der Waals surface area contributed by atoms with Gasteiger partial charge < -0.3 is 20.1 Å². The predicted octanol–water partition coefficient (Wildman–Crippen LogP) is 4.24. The highest BCUT2D eigenvalue weighted by Gasteiger charge is 2.39. The normalized spacial score (nSPS) is 18.5. The molecule has 2 amide bonds. The molecule has 31 heavy (non-hydrogen) atoms. The van der Waals surface area contributed by atoms with E-state index in [9.17, 15) is 9.59 Å². The second kappa shape index (κ2) is 10.2. The van der Waals surface area contributed by atoms with E-state index in [1.165, 1.54) is 0 Å². The zero-order valence-electron chi connectivity index (χ0n) is 17.4. The Kier molecular flexibility index (Phi) is 7.68. The van der Waals surface area contributed by atoms with E-state index in [4.69, 9.17) is 38.4 Å². The van der Waals surface area contributed by atoms with Gasteiger partial charge in [-0.3, -0.25) is 9.59 Å². The van der Waals surface area contributed by atoms with E-state index in [1.807, 2.05) is 13.0 Å². The number of nitrogens with zero attached hydrogens (tertiary/aromatic N) is 1. The van der Waals surface area contributed by atoms with Crippen molar-refractivity contribution in [2.75, 3.05) is 26.3 Å². The summed E-state index contributed by atoms with van der Waals surface area (Å²) in [5.41, 5.74) is 5.90. The first kappa shape index (κ1) is 23.2. The van der Waals surface area contributed by atoms with Gasteiger partial charge in [0.25, 0.3) is 5.91 Å². The van der Waals surface area contributed by atoms with Crippen LogP contribution in [0.15, 0.2) is 42.5 Å². The maximum absolute atomic E-state index is 12.8. The van der Waals surface area contributed by atoms with Gasteiger partial charge in [-0.05, 0) is 67.8 Å². The number of amides is 2. The summed E-state index contributed by atoms with van der Waals surface area (Å²) in [4.78, 5) is 26.3. The maximum atomic E-state index is 12.8. The molecule has 2 aromatic carbocycles. The van der Waals surface area contributed by atoms with E-state index in [0.717, 1.165) is 18.4 Å². The van der Waals surface area contributed by atoms with Crippen LogP contribution in [0.1, 0.15) is 24.8 Å². The average molecular weight is 465 g/mol. The molecule has 0 radical (unpaired) electrons. The summed E-state index contributed by atoms with van der Waals surface area (Å²) in [5, 5.41) is 1.26. The number of likely N-dealkylation sites (tertiary alicyclic amines) is 1. The van der Waals surface area contributed by atoms with Gasteiger partial charge in [-0.15, -0.1) is 0 Å². The Morgan fingerprint density at radius 3 is 2.48 bits per heavy atom. The third-order valence-electron chi connectivity index (χ3n) is 5.41. The lowest BCUT2D eigenvalue weighted by Crippen LogP contribution is -2.51. The number of ether oxygens (including phenoxy) is 2. The van der Waals surface area contributed by atoms with Gasteiger partial charge in [0.05, 0.1) is 6.61 Å². The lowest BCUT2D eigenvalue weighted by atomic mass is 9.77. The molecule has 0 saturated carbocycles. The smallest absolute Gasteiger partial charge is 0.260 e. The van der Waals surface area contributed by atoms with Gasteiger partial charge in [0.1, 0.15) is 11.5 Å². The van der Waals surface area contributed by atoms with Crippen molar-refractivity contribution < 1.29 is 19.1 Å². The fourth-order valence-corrected chi connectivity index (χ4v) is 4.06. The molecule has 2 N–H and O–H groups in total. The third-order valence-corrected chi connectivity index (χ3v) is 6.09. The first-order chi connectivity index (χ1) is 14.8. The van der Waals surface area contributed by atoms with Crippen LogP contribution in [0.2, 0.25) is 10.0 Å². The topological polar surface area (TPSA) is 81.9 Å². The molecule has 1 saturated heterocycles. The molecular formula is C23H26Cl2N2O4. The van der Waals surface area contributed by atoms with E-state index in [0.29, 0.717) is 34.6 Å². The zero-order valence-corrected chi connectivity index (χ0v) is 18.9. The molecule has 166 valence electrons. The van der Waals surface area contributed by atoms with Gasteiger partial charge in [-0.1, -0.05) is 23.2 Å². The molecule has 0 aliphatic carbocycles. The number of rotatable bonds is 8. The molecule has 0 bridgehead atoms. The fraction of sp³-hybridized carbons (Fsp3) is 0.391. The number of nitrogens with two attached hydrogens (primary N) is 1. The SMILES string of the molecule is Cc1cc(OCC2(CC(N)=O)CCCN(C(=O)COc3ccc(Cl)cc3)C2)ccc1Cl. The first-order valence-electron chi connectivity index (χ1n) is 10.1. The molecule has 1 heterocycles. The Hall–Kier alpha value is -2.44. The summed E-state index contributed by atoms with van der Waals surface area (Å²) in [7, 11) is 0. The summed E-state index contributed by atoms with van der Waals surface area (Å²) in [6.45, 7) is 3.06. The molecular weight excluding hydrogens is 439 g/mol. The number of carbonyl (C=O) groups is 2. The largest absolute Gasteiger partial charge is 0.493 e. The fourth-order valence-electron chi connectivity index (χ4n) is 3.81. The molecule has 2 aromatic rings. The molecule has 1 aliphatic heterocycles. The van der Waals surface area contributed by atoms with Crippen LogP contribution < -0.4 is 15.2 Å². The standard InChI is InChI=1S/C23H26Cl2N2O4/c1-16-11-19(7-8-20(16)25)31-15-23(12-21(26)28)9-2-10-27(14-23)22(29)13-30-18-5-3-17(24)4-6-18/h3-8,11H,2,9-10,12-15H2,1H3,(H2,26,28). The van der Waals surface area contributed by atoms with Gasteiger partial charge in [0, 0.05) is 35.0 Å². The molecule has 6 nitrogen and oxygen atoms in total. The minimum Gasteiger partial charge on any atom is -0.493 e. The summed E-state index contributed by atoms with van der Waals surface area (Å²) in [6, 6.07) is 12.3. The van der Waals surface area contributed by atoms with Crippen LogP contribution in [0.3, 0.4) is 0 Å².